The van der Waals surface area contributed by atoms with E-state index in [0.717, 1.165) is 0 Å². The molecule has 0 spiro atoms. The lowest BCUT2D eigenvalue weighted by Crippen LogP contribution is -2.36. The molecule has 0 saturated carbocycles. The zero-order valence-electron chi connectivity index (χ0n) is 15.7. The summed E-state index contributed by atoms with van der Waals surface area (Å²) in [5.74, 6) is 0.278. The van der Waals surface area contributed by atoms with Crippen molar-refractivity contribution in [3.05, 3.63) is 66.4 Å². The number of para-hydroxylation sites is 2. The standard InChI is InChI=1S/C18H16N4O2.CH4O3S/c1-24-15-9-5-8-13-14(10-11-20-16(13)15)17(23)22-18(19)21-12-6-3-2-4-7-12;1-5(2,3)4/h2-11H,1H3,(H3,19,21,22,23);1H3,(H,2,3,4). The van der Waals surface area contributed by atoms with Crippen LogP contribution in [0.4, 0.5) is 5.69 Å². The smallest absolute Gasteiger partial charge is 0.261 e. The second-order valence-corrected chi connectivity index (χ2v) is 7.20. The largest absolute Gasteiger partial charge is 0.494 e. The molecule has 1 heterocycles. The Morgan fingerprint density at radius 1 is 1.14 bits per heavy atom. The Hall–Kier alpha value is -3.50. The molecule has 3 rings (SSSR count). The molecule has 0 aliphatic rings. The minimum absolute atomic E-state index is 0.0269. The molecule has 0 bridgehead atoms. The Kier molecular flexibility index (Phi) is 7.23. The summed E-state index contributed by atoms with van der Waals surface area (Å²) in [4.78, 5) is 21.0. The summed E-state index contributed by atoms with van der Waals surface area (Å²) in [6.07, 6.45) is 2.28. The van der Waals surface area contributed by atoms with Crippen LogP contribution in [-0.4, -0.2) is 43.2 Å². The second kappa shape index (κ2) is 9.62. The molecule has 10 heteroatoms. The lowest BCUT2D eigenvalue weighted by Gasteiger charge is -2.09. The van der Waals surface area contributed by atoms with Crippen molar-refractivity contribution >= 4 is 38.6 Å². The third kappa shape index (κ3) is 6.87. The molecule has 3 aromatic rings. The Morgan fingerprint density at radius 3 is 2.41 bits per heavy atom. The van der Waals surface area contributed by atoms with Crippen LogP contribution in [0.5, 0.6) is 5.75 Å². The lowest BCUT2D eigenvalue weighted by atomic mass is 10.1. The topological polar surface area (TPSA) is 144 Å². The number of benzene rings is 2. The number of guanidine groups is 1. The van der Waals surface area contributed by atoms with E-state index in [2.05, 4.69) is 15.3 Å². The predicted molar refractivity (Wildman–Crippen MR) is 111 cm³/mol. The molecule has 0 aliphatic heterocycles. The molecule has 2 aromatic carbocycles. The van der Waals surface area contributed by atoms with Gasteiger partial charge in [0.15, 0.2) is 0 Å². The average molecular weight is 416 g/mol. The fourth-order valence-electron chi connectivity index (χ4n) is 2.36. The highest BCUT2D eigenvalue weighted by molar-refractivity contribution is 7.85. The number of hydrogen-bond acceptors (Lipinski definition) is 6. The minimum Gasteiger partial charge on any atom is -0.494 e. The average Bonchev–Trinajstić information content (AvgIpc) is 2.66. The van der Waals surface area contributed by atoms with Gasteiger partial charge in [0.1, 0.15) is 11.3 Å². The van der Waals surface area contributed by atoms with Gasteiger partial charge in [-0.05, 0) is 24.3 Å². The van der Waals surface area contributed by atoms with Crippen LogP contribution in [-0.2, 0) is 10.1 Å². The van der Waals surface area contributed by atoms with Crippen molar-refractivity contribution in [2.45, 2.75) is 0 Å². The summed E-state index contributed by atoms with van der Waals surface area (Å²) in [5.41, 5.74) is 7.55. The molecule has 152 valence electrons. The number of nitrogens with zero attached hydrogens (tertiary/aromatic N) is 2. The van der Waals surface area contributed by atoms with Crippen molar-refractivity contribution in [1.82, 2.24) is 10.3 Å². The van der Waals surface area contributed by atoms with Gasteiger partial charge in [0.25, 0.3) is 16.0 Å². The molecule has 9 nitrogen and oxygen atoms in total. The van der Waals surface area contributed by atoms with E-state index < -0.39 is 10.1 Å². The van der Waals surface area contributed by atoms with Crippen molar-refractivity contribution in [3.63, 3.8) is 0 Å². The highest BCUT2D eigenvalue weighted by Gasteiger charge is 2.13. The second-order valence-electron chi connectivity index (χ2n) is 5.73. The summed E-state index contributed by atoms with van der Waals surface area (Å²) >= 11 is 0. The van der Waals surface area contributed by atoms with Crippen LogP contribution in [0.2, 0.25) is 0 Å². The van der Waals surface area contributed by atoms with E-state index in [1.807, 2.05) is 24.3 Å². The van der Waals surface area contributed by atoms with E-state index >= 15 is 0 Å². The highest BCUT2D eigenvalue weighted by atomic mass is 32.2. The van der Waals surface area contributed by atoms with Crippen LogP contribution in [0.1, 0.15) is 10.4 Å². The first-order chi connectivity index (χ1) is 13.7. The van der Waals surface area contributed by atoms with Crippen LogP contribution in [0, 0.1) is 0 Å². The third-order valence-corrected chi connectivity index (χ3v) is 3.45. The number of nitrogens with two attached hydrogens (primary N) is 1. The van der Waals surface area contributed by atoms with Crippen molar-refractivity contribution in [1.29, 1.82) is 0 Å². The first-order valence-electron chi connectivity index (χ1n) is 8.24. The molecule has 0 radical (unpaired) electrons. The molecule has 1 amide bonds. The van der Waals surface area contributed by atoms with Crippen LogP contribution in [0.25, 0.3) is 10.9 Å². The number of carbonyl (C=O) groups excluding carboxylic acids is 1. The maximum atomic E-state index is 12.5. The van der Waals surface area contributed by atoms with Gasteiger partial charge >= 0.3 is 0 Å². The molecule has 0 fully saturated rings. The fourth-order valence-corrected chi connectivity index (χ4v) is 2.36. The first kappa shape index (κ1) is 21.8. The fraction of sp³-hybridized carbons (Fsp3) is 0.105. The molecular formula is C19H20N4O5S. The van der Waals surface area contributed by atoms with Crippen LogP contribution < -0.4 is 15.8 Å². The first-order valence-corrected chi connectivity index (χ1v) is 10.1. The quantitative estimate of drug-likeness (QED) is 0.337. The van der Waals surface area contributed by atoms with Gasteiger partial charge < -0.3 is 10.5 Å². The van der Waals surface area contributed by atoms with E-state index in [-0.39, 0.29) is 11.9 Å². The van der Waals surface area contributed by atoms with Crippen LogP contribution in [0.15, 0.2) is 65.8 Å². The number of hydrogen-bond donors (Lipinski definition) is 3. The summed E-state index contributed by atoms with van der Waals surface area (Å²) < 4.78 is 31.1. The lowest BCUT2D eigenvalue weighted by molar-refractivity contribution is 0.0978. The Morgan fingerprint density at radius 2 is 1.79 bits per heavy atom. The number of aromatic nitrogens is 1. The molecule has 0 atom stereocenters. The van der Waals surface area contributed by atoms with Crippen LogP contribution in [0.3, 0.4) is 0 Å². The van der Waals surface area contributed by atoms with Crippen molar-refractivity contribution in [2.24, 2.45) is 10.7 Å². The SMILES string of the molecule is COc1cccc2c(C(=O)NC(N)=Nc3ccccc3)ccnc12.CS(=O)(=O)O. The third-order valence-electron chi connectivity index (χ3n) is 3.45. The highest BCUT2D eigenvalue weighted by Crippen LogP contribution is 2.25. The predicted octanol–water partition coefficient (Wildman–Crippen LogP) is 2.12. The number of ether oxygens (including phenoxy) is 1. The number of rotatable bonds is 3. The summed E-state index contributed by atoms with van der Waals surface area (Å²) in [6.45, 7) is 0. The molecule has 4 N–H and O–H groups in total. The Labute approximate surface area is 168 Å². The maximum absolute atomic E-state index is 12.5. The summed E-state index contributed by atoms with van der Waals surface area (Å²) in [5, 5.41) is 3.28. The van der Waals surface area contributed by atoms with E-state index in [1.54, 1.807) is 43.6 Å². The Balaban J connectivity index is 0.000000537. The molecule has 0 unspecified atom stereocenters. The van der Waals surface area contributed by atoms with Gasteiger partial charge in [0.2, 0.25) is 5.96 Å². The molecule has 0 aliphatic carbocycles. The van der Waals surface area contributed by atoms with Crippen LogP contribution >= 0.6 is 0 Å². The zero-order chi connectivity index (χ0) is 21.4. The van der Waals surface area contributed by atoms with Crippen molar-refractivity contribution in [2.75, 3.05) is 13.4 Å². The molecular weight excluding hydrogens is 396 g/mol. The molecule has 0 saturated heterocycles. The molecule has 29 heavy (non-hydrogen) atoms. The summed E-state index contributed by atoms with van der Waals surface area (Å²) in [6, 6.07) is 16.2. The normalized spacial score (nSPS) is 11.3. The Bertz CT molecular complexity index is 1120. The zero-order valence-corrected chi connectivity index (χ0v) is 16.6. The number of aliphatic imine (C=N–C) groups is 1. The van der Waals surface area contributed by atoms with Gasteiger partial charge in [-0.15, -0.1) is 0 Å². The van der Waals surface area contributed by atoms with Crippen molar-refractivity contribution < 1.29 is 22.5 Å². The van der Waals surface area contributed by atoms with Gasteiger partial charge in [0.05, 0.1) is 24.6 Å². The van der Waals surface area contributed by atoms with Gasteiger partial charge in [-0.2, -0.15) is 8.42 Å². The number of nitrogens with one attached hydrogen (secondary N) is 1. The number of amides is 1. The minimum atomic E-state index is -3.67. The van der Waals surface area contributed by atoms with Gasteiger partial charge in [-0.25, -0.2) is 4.99 Å². The van der Waals surface area contributed by atoms with Gasteiger partial charge in [0, 0.05) is 11.6 Å². The number of fused-ring (bicyclic) bond motifs is 1. The molecule has 1 aromatic heterocycles. The van der Waals surface area contributed by atoms with E-state index in [0.29, 0.717) is 34.2 Å². The summed E-state index contributed by atoms with van der Waals surface area (Å²) in [7, 11) is -2.10. The number of carbonyl (C=O) groups is 1. The van der Waals surface area contributed by atoms with Crippen molar-refractivity contribution in [3.8, 4) is 5.75 Å². The number of methoxy groups -OCH3 is 1. The monoisotopic (exact) mass is 416 g/mol. The van der Waals surface area contributed by atoms with E-state index in [1.165, 1.54) is 0 Å². The number of pyridine rings is 1. The van der Waals surface area contributed by atoms with E-state index in [9.17, 15) is 13.2 Å². The van der Waals surface area contributed by atoms with E-state index in [4.69, 9.17) is 15.0 Å². The van der Waals surface area contributed by atoms with Gasteiger partial charge in [-0.1, -0.05) is 30.3 Å². The maximum Gasteiger partial charge on any atom is 0.261 e. The van der Waals surface area contributed by atoms with Gasteiger partial charge in [-0.3, -0.25) is 19.6 Å².